The molecule has 0 aliphatic heterocycles. The van der Waals surface area contributed by atoms with Crippen LogP contribution in [0.25, 0.3) is 11.2 Å². The minimum atomic E-state index is -0.356. The minimum absolute atomic E-state index is 0.0801. The molecule has 1 amide bonds. The minimum Gasteiger partial charge on any atom is -0.347 e. The molecule has 3 N–H and O–H groups in total. The van der Waals surface area contributed by atoms with E-state index in [1.54, 1.807) is 6.07 Å². The first kappa shape index (κ1) is 10.1. The van der Waals surface area contributed by atoms with Crippen LogP contribution in [0.2, 0.25) is 0 Å². The molecule has 6 heteroatoms. The second-order valence-corrected chi connectivity index (χ2v) is 4.68. The van der Waals surface area contributed by atoms with Gasteiger partial charge in [-0.3, -0.25) is 9.78 Å². The molecule has 6 nitrogen and oxygen atoms in total. The van der Waals surface area contributed by atoms with Gasteiger partial charge in [0.2, 0.25) is 0 Å². The summed E-state index contributed by atoms with van der Waals surface area (Å²) in [7, 11) is 0. The maximum absolute atomic E-state index is 12.0. The van der Waals surface area contributed by atoms with Crippen LogP contribution in [0.15, 0.2) is 17.1 Å². The molecule has 1 aliphatic rings. The Kier molecular flexibility index (Phi) is 1.89. The number of H-pyrrole nitrogens is 2. The summed E-state index contributed by atoms with van der Waals surface area (Å²) in [5, 5.41) is 2.95. The van der Waals surface area contributed by atoms with Gasteiger partial charge < -0.3 is 10.3 Å². The monoisotopic (exact) mass is 232 g/mol. The number of aromatic nitrogens is 3. The average Bonchev–Trinajstić information content (AvgIpc) is 2.87. The van der Waals surface area contributed by atoms with Crippen LogP contribution in [0.4, 0.5) is 0 Å². The Bertz CT molecular complexity index is 651. The third kappa shape index (κ3) is 1.71. The molecular weight excluding hydrogens is 220 g/mol. The molecule has 1 fully saturated rings. The number of pyridine rings is 1. The molecule has 0 unspecified atom stereocenters. The standard InChI is InChI=1S/C11H12N4O2/c1-11(3-4-11)15-9(16)6-2-5-12-8-7(6)13-10(17)14-8/h2,5H,3-4H2,1H3,(H,15,16)(H2,12,13,14,17). The van der Waals surface area contributed by atoms with Gasteiger partial charge in [-0.15, -0.1) is 0 Å². The molecule has 17 heavy (non-hydrogen) atoms. The predicted octanol–water partition coefficient (Wildman–Crippen LogP) is 0.533. The molecule has 0 radical (unpaired) electrons. The Morgan fingerprint density at radius 2 is 2.24 bits per heavy atom. The molecule has 1 saturated carbocycles. The fraction of sp³-hybridized carbons (Fsp3) is 0.364. The molecule has 0 spiro atoms. The highest BCUT2D eigenvalue weighted by Gasteiger charge is 2.39. The Morgan fingerprint density at radius 3 is 2.94 bits per heavy atom. The summed E-state index contributed by atoms with van der Waals surface area (Å²) in [5.74, 6) is -0.173. The molecule has 0 atom stereocenters. The Morgan fingerprint density at radius 1 is 1.47 bits per heavy atom. The van der Waals surface area contributed by atoms with Gasteiger partial charge >= 0.3 is 5.69 Å². The Labute approximate surface area is 96.5 Å². The number of hydrogen-bond acceptors (Lipinski definition) is 3. The van der Waals surface area contributed by atoms with Crippen molar-refractivity contribution in [2.75, 3.05) is 0 Å². The van der Waals surface area contributed by atoms with Gasteiger partial charge in [-0.2, -0.15) is 0 Å². The lowest BCUT2D eigenvalue weighted by Crippen LogP contribution is -2.34. The molecule has 2 aromatic heterocycles. The third-order valence-corrected chi connectivity index (χ3v) is 3.08. The summed E-state index contributed by atoms with van der Waals surface area (Å²) in [6, 6.07) is 1.60. The van der Waals surface area contributed by atoms with E-state index < -0.39 is 0 Å². The van der Waals surface area contributed by atoms with E-state index in [0.717, 1.165) is 12.8 Å². The van der Waals surface area contributed by atoms with Crippen LogP contribution >= 0.6 is 0 Å². The number of carbonyl (C=O) groups excluding carboxylic acids is 1. The van der Waals surface area contributed by atoms with Gasteiger partial charge in [0.1, 0.15) is 0 Å². The molecule has 3 rings (SSSR count). The lowest BCUT2D eigenvalue weighted by atomic mass is 10.2. The lowest BCUT2D eigenvalue weighted by molar-refractivity contribution is 0.0937. The summed E-state index contributed by atoms with van der Waals surface area (Å²) in [6.45, 7) is 2.00. The number of hydrogen-bond donors (Lipinski definition) is 3. The van der Waals surface area contributed by atoms with Gasteiger partial charge in [-0.25, -0.2) is 9.78 Å². The van der Waals surface area contributed by atoms with Gasteiger partial charge in [0.25, 0.3) is 5.91 Å². The number of carbonyl (C=O) groups is 1. The molecule has 0 aromatic carbocycles. The van der Waals surface area contributed by atoms with Gasteiger partial charge in [-0.1, -0.05) is 0 Å². The summed E-state index contributed by atoms with van der Waals surface area (Å²) in [6.07, 6.45) is 3.50. The van der Waals surface area contributed by atoms with Crippen molar-refractivity contribution < 1.29 is 4.79 Å². The second-order valence-electron chi connectivity index (χ2n) is 4.68. The van der Waals surface area contributed by atoms with Crippen molar-refractivity contribution in [2.24, 2.45) is 0 Å². The number of nitrogens with one attached hydrogen (secondary N) is 3. The summed E-state index contributed by atoms with van der Waals surface area (Å²) in [4.78, 5) is 32.3. The van der Waals surface area contributed by atoms with Crippen LogP contribution < -0.4 is 11.0 Å². The van der Waals surface area contributed by atoms with Gasteiger partial charge in [0.15, 0.2) is 5.65 Å². The van der Waals surface area contributed by atoms with E-state index in [0.29, 0.717) is 16.7 Å². The zero-order valence-electron chi connectivity index (χ0n) is 9.33. The molecular formula is C11H12N4O2. The number of amides is 1. The fourth-order valence-electron chi connectivity index (χ4n) is 1.78. The van der Waals surface area contributed by atoms with Crippen molar-refractivity contribution in [1.82, 2.24) is 20.3 Å². The second kappa shape index (κ2) is 3.19. The van der Waals surface area contributed by atoms with E-state index in [4.69, 9.17) is 0 Å². The van der Waals surface area contributed by atoms with Crippen molar-refractivity contribution in [2.45, 2.75) is 25.3 Å². The zero-order valence-corrected chi connectivity index (χ0v) is 9.33. The van der Waals surface area contributed by atoms with Crippen molar-refractivity contribution in [3.8, 4) is 0 Å². The number of nitrogens with zero attached hydrogens (tertiary/aromatic N) is 1. The van der Waals surface area contributed by atoms with E-state index in [1.807, 2.05) is 6.92 Å². The van der Waals surface area contributed by atoms with Crippen molar-refractivity contribution in [3.05, 3.63) is 28.3 Å². The SMILES string of the molecule is CC1(NC(=O)c2ccnc3[nH]c(=O)[nH]c23)CC1. The highest BCUT2D eigenvalue weighted by Crippen LogP contribution is 2.34. The lowest BCUT2D eigenvalue weighted by Gasteiger charge is -2.11. The quantitative estimate of drug-likeness (QED) is 0.705. The largest absolute Gasteiger partial charge is 0.347 e. The number of imidazole rings is 1. The highest BCUT2D eigenvalue weighted by atomic mass is 16.2. The molecule has 2 aromatic rings. The van der Waals surface area contributed by atoms with E-state index in [1.165, 1.54) is 6.20 Å². The molecule has 2 heterocycles. The molecule has 1 aliphatic carbocycles. The summed E-state index contributed by atoms with van der Waals surface area (Å²) < 4.78 is 0. The zero-order chi connectivity index (χ0) is 12.0. The van der Waals surface area contributed by atoms with Crippen LogP contribution in [-0.4, -0.2) is 26.4 Å². The third-order valence-electron chi connectivity index (χ3n) is 3.08. The average molecular weight is 232 g/mol. The first-order chi connectivity index (χ1) is 8.07. The highest BCUT2D eigenvalue weighted by molar-refractivity contribution is 6.04. The Hall–Kier alpha value is -2.11. The van der Waals surface area contributed by atoms with Crippen molar-refractivity contribution in [1.29, 1.82) is 0 Å². The van der Waals surface area contributed by atoms with Gasteiger partial charge in [0, 0.05) is 11.7 Å². The summed E-state index contributed by atoms with van der Waals surface area (Å²) >= 11 is 0. The first-order valence-electron chi connectivity index (χ1n) is 5.47. The maximum atomic E-state index is 12.0. The van der Waals surface area contributed by atoms with Crippen LogP contribution in [0, 0.1) is 0 Å². The normalized spacial score (nSPS) is 17.0. The van der Waals surface area contributed by atoms with Gasteiger partial charge in [0.05, 0.1) is 11.1 Å². The first-order valence-corrected chi connectivity index (χ1v) is 5.47. The van der Waals surface area contributed by atoms with Crippen LogP contribution in [-0.2, 0) is 0 Å². The van der Waals surface area contributed by atoms with Gasteiger partial charge in [-0.05, 0) is 25.8 Å². The smallest absolute Gasteiger partial charge is 0.325 e. The van der Waals surface area contributed by atoms with Crippen LogP contribution in [0.1, 0.15) is 30.1 Å². The van der Waals surface area contributed by atoms with Crippen LogP contribution in [0.5, 0.6) is 0 Å². The number of fused-ring (bicyclic) bond motifs is 1. The topological polar surface area (TPSA) is 90.6 Å². The van der Waals surface area contributed by atoms with E-state index in [9.17, 15) is 9.59 Å². The number of aromatic amines is 2. The maximum Gasteiger partial charge on any atom is 0.325 e. The number of rotatable bonds is 2. The van der Waals surface area contributed by atoms with E-state index >= 15 is 0 Å². The summed E-state index contributed by atoms with van der Waals surface area (Å²) in [5.41, 5.74) is 0.873. The fourth-order valence-corrected chi connectivity index (χ4v) is 1.78. The van der Waals surface area contributed by atoms with Crippen molar-refractivity contribution >= 4 is 17.1 Å². The van der Waals surface area contributed by atoms with Crippen molar-refractivity contribution in [3.63, 3.8) is 0 Å². The molecule has 0 bridgehead atoms. The molecule has 88 valence electrons. The molecule has 0 saturated heterocycles. The van der Waals surface area contributed by atoms with E-state index in [2.05, 4.69) is 20.3 Å². The Balaban J connectivity index is 2.04. The van der Waals surface area contributed by atoms with Crippen LogP contribution in [0.3, 0.4) is 0 Å². The van der Waals surface area contributed by atoms with E-state index in [-0.39, 0.29) is 17.1 Å². The predicted molar refractivity (Wildman–Crippen MR) is 61.8 cm³/mol.